The van der Waals surface area contributed by atoms with Crippen molar-refractivity contribution in [2.75, 3.05) is 0 Å². The average molecular weight is 230 g/mol. The summed E-state index contributed by atoms with van der Waals surface area (Å²) in [5.74, 6) is -0.906. The molecule has 88 valence electrons. The van der Waals surface area contributed by atoms with Gasteiger partial charge in [-0.3, -0.25) is 4.79 Å². The molecule has 1 aromatic rings. The minimum atomic E-state index is -4.40. The summed E-state index contributed by atoms with van der Waals surface area (Å²) >= 11 is 0. The van der Waals surface area contributed by atoms with Gasteiger partial charge in [-0.25, -0.2) is 0 Å². The average Bonchev–Trinajstić information content (AvgIpc) is 2.17. The zero-order valence-corrected chi connectivity index (χ0v) is 9.14. The topological polar surface area (TPSA) is 17.1 Å². The lowest BCUT2D eigenvalue weighted by molar-refractivity contribution is -0.138. The quantitative estimate of drug-likeness (QED) is 0.772. The van der Waals surface area contributed by atoms with Crippen LogP contribution in [0.25, 0.3) is 0 Å². The molecule has 0 aliphatic carbocycles. The monoisotopic (exact) mass is 230 g/mol. The first-order chi connectivity index (χ1) is 7.38. The highest BCUT2D eigenvalue weighted by molar-refractivity contribution is 5.83. The van der Waals surface area contributed by atoms with Crippen molar-refractivity contribution in [2.45, 2.75) is 32.4 Å². The molecular formula is C12H13F3O. The fraction of sp³-hybridized carbons (Fsp3) is 0.417. The van der Waals surface area contributed by atoms with E-state index in [0.29, 0.717) is 6.42 Å². The Kier molecular flexibility index (Phi) is 3.73. The Morgan fingerprint density at radius 1 is 1.31 bits per heavy atom. The number of carbonyl (C=O) groups is 1. The van der Waals surface area contributed by atoms with Crippen LogP contribution in [0, 0.1) is 0 Å². The number of ketones is 1. The van der Waals surface area contributed by atoms with Gasteiger partial charge in [0.25, 0.3) is 0 Å². The Bertz CT molecular complexity index is 382. The van der Waals surface area contributed by atoms with E-state index in [-0.39, 0.29) is 11.3 Å². The van der Waals surface area contributed by atoms with Crippen molar-refractivity contribution < 1.29 is 18.0 Å². The predicted octanol–water partition coefficient (Wildman–Crippen LogP) is 3.79. The molecule has 4 heteroatoms. The molecule has 0 radical (unpaired) electrons. The van der Waals surface area contributed by atoms with Gasteiger partial charge >= 0.3 is 6.18 Å². The summed E-state index contributed by atoms with van der Waals surface area (Å²) < 4.78 is 38.1. The van der Waals surface area contributed by atoms with E-state index < -0.39 is 17.7 Å². The number of carbonyl (C=O) groups excluding carboxylic acids is 1. The molecule has 1 unspecified atom stereocenters. The van der Waals surface area contributed by atoms with Crippen LogP contribution in [-0.2, 0) is 11.0 Å². The highest BCUT2D eigenvalue weighted by atomic mass is 19.4. The summed E-state index contributed by atoms with van der Waals surface area (Å²) in [4.78, 5) is 11.3. The Balaban J connectivity index is 3.27. The molecule has 16 heavy (non-hydrogen) atoms. The van der Waals surface area contributed by atoms with Gasteiger partial charge in [0.1, 0.15) is 5.78 Å². The molecule has 1 atom stereocenters. The van der Waals surface area contributed by atoms with Gasteiger partial charge in [0.05, 0.1) is 5.56 Å². The molecule has 0 heterocycles. The highest BCUT2D eigenvalue weighted by Crippen LogP contribution is 2.36. The molecule has 0 N–H and O–H groups in total. The number of hydrogen-bond acceptors (Lipinski definition) is 1. The molecule has 0 bridgehead atoms. The van der Waals surface area contributed by atoms with E-state index >= 15 is 0 Å². The van der Waals surface area contributed by atoms with E-state index in [0.717, 1.165) is 6.07 Å². The van der Waals surface area contributed by atoms with Crippen LogP contribution in [0.2, 0.25) is 0 Å². The van der Waals surface area contributed by atoms with Gasteiger partial charge in [0.2, 0.25) is 0 Å². The Morgan fingerprint density at radius 3 is 2.31 bits per heavy atom. The van der Waals surface area contributed by atoms with Crippen molar-refractivity contribution in [3.8, 4) is 0 Å². The molecule has 0 saturated carbocycles. The summed E-state index contributed by atoms with van der Waals surface area (Å²) in [7, 11) is 0. The number of Topliss-reactive ketones (excluding diaryl/α,β-unsaturated/α-hetero) is 1. The van der Waals surface area contributed by atoms with Crippen LogP contribution >= 0.6 is 0 Å². The first-order valence-corrected chi connectivity index (χ1v) is 5.04. The van der Waals surface area contributed by atoms with Crippen LogP contribution in [0.5, 0.6) is 0 Å². The highest BCUT2D eigenvalue weighted by Gasteiger charge is 2.35. The van der Waals surface area contributed by atoms with Crippen molar-refractivity contribution in [1.82, 2.24) is 0 Å². The smallest absolute Gasteiger partial charge is 0.299 e. The predicted molar refractivity (Wildman–Crippen MR) is 55.2 cm³/mol. The third kappa shape index (κ3) is 2.62. The number of hydrogen-bond donors (Lipinski definition) is 0. The zero-order valence-electron chi connectivity index (χ0n) is 9.14. The third-order valence-electron chi connectivity index (χ3n) is 2.54. The fourth-order valence-electron chi connectivity index (χ4n) is 1.79. The number of benzene rings is 1. The SMILES string of the molecule is CCC(C(C)=O)c1ccccc1C(F)(F)F. The van der Waals surface area contributed by atoms with E-state index in [1.54, 1.807) is 6.92 Å². The molecule has 1 nitrogen and oxygen atoms in total. The summed E-state index contributed by atoms with van der Waals surface area (Å²) in [6.45, 7) is 3.03. The molecule has 0 aliphatic heterocycles. The minimum Gasteiger partial charge on any atom is -0.299 e. The van der Waals surface area contributed by atoms with Crippen LogP contribution in [-0.4, -0.2) is 5.78 Å². The van der Waals surface area contributed by atoms with Crippen molar-refractivity contribution >= 4 is 5.78 Å². The molecule has 1 rings (SSSR count). The lowest BCUT2D eigenvalue weighted by atomic mass is 9.89. The van der Waals surface area contributed by atoms with Gasteiger partial charge in [-0.1, -0.05) is 25.1 Å². The zero-order chi connectivity index (χ0) is 12.3. The molecule has 0 saturated heterocycles. The molecule has 0 fully saturated rings. The Morgan fingerprint density at radius 2 is 1.88 bits per heavy atom. The van der Waals surface area contributed by atoms with Crippen molar-refractivity contribution in [3.05, 3.63) is 35.4 Å². The van der Waals surface area contributed by atoms with Crippen molar-refractivity contribution in [1.29, 1.82) is 0 Å². The maximum absolute atomic E-state index is 12.7. The maximum atomic E-state index is 12.7. The summed E-state index contributed by atoms with van der Waals surface area (Å²) in [5.41, 5.74) is -0.637. The van der Waals surface area contributed by atoms with E-state index in [9.17, 15) is 18.0 Å². The molecule has 0 spiro atoms. The Labute approximate surface area is 92.3 Å². The second-order valence-electron chi connectivity index (χ2n) is 3.66. The van der Waals surface area contributed by atoms with Gasteiger partial charge < -0.3 is 0 Å². The molecule has 1 aromatic carbocycles. The van der Waals surface area contributed by atoms with E-state index in [1.807, 2.05) is 0 Å². The lowest BCUT2D eigenvalue weighted by Gasteiger charge is -2.18. The van der Waals surface area contributed by atoms with E-state index in [4.69, 9.17) is 0 Å². The van der Waals surface area contributed by atoms with Gasteiger partial charge in [0, 0.05) is 5.92 Å². The number of alkyl halides is 3. The summed E-state index contributed by atoms with van der Waals surface area (Å²) in [6.07, 6.45) is -4.03. The van der Waals surface area contributed by atoms with Crippen molar-refractivity contribution in [2.24, 2.45) is 0 Å². The van der Waals surface area contributed by atoms with E-state index in [2.05, 4.69) is 0 Å². The van der Waals surface area contributed by atoms with Crippen LogP contribution in [0.3, 0.4) is 0 Å². The van der Waals surface area contributed by atoms with Crippen LogP contribution in [0.4, 0.5) is 13.2 Å². The second-order valence-corrected chi connectivity index (χ2v) is 3.66. The molecule has 0 aliphatic rings. The maximum Gasteiger partial charge on any atom is 0.416 e. The molecule has 0 amide bonds. The summed E-state index contributed by atoms with van der Waals surface area (Å²) in [5, 5.41) is 0. The first-order valence-electron chi connectivity index (χ1n) is 5.04. The number of halogens is 3. The van der Waals surface area contributed by atoms with Crippen molar-refractivity contribution in [3.63, 3.8) is 0 Å². The van der Waals surface area contributed by atoms with E-state index in [1.165, 1.54) is 25.1 Å². The Hall–Kier alpha value is -1.32. The summed E-state index contributed by atoms with van der Waals surface area (Å²) in [6, 6.07) is 5.24. The van der Waals surface area contributed by atoms with Gasteiger partial charge in [-0.2, -0.15) is 13.2 Å². The second kappa shape index (κ2) is 4.68. The van der Waals surface area contributed by atoms with Gasteiger partial charge in [-0.05, 0) is 25.0 Å². The normalized spacial score (nSPS) is 13.6. The van der Waals surface area contributed by atoms with Gasteiger partial charge in [0.15, 0.2) is 0 Å². The largest absolute Gasteiger partial charge is 0.416 e. The molecule has 0 aromatic heterocycles. The lowest BCUT2D eigenvalue weighted by Crippen LogP contribution is -2.15. The standard InChI is InChI=1S/C12H13F3O/c1-3-9(8(2)16)10-6-4-5-7-11(10)12(13,14)15/h4-7,9H,3H2,1-2H3. The van der Waals surface area contributed by atoms with Gasteiger partial charge in [-0.15, -0.1) is 0 Å². The fourth-order valence-corrected chi connectivity index (χ4v) is 1.79. The van der Waals surface area contributed by atoms with Crippen LogP contribution in [0.1, 0.15) is 37.3 Å². The number of rotatable bonds is 3. The van der Waals surface area contributed by atoms with Crippen LogP contribution in [0.15, 0.2) is 24.3 Å². The third-order valence-corrected chi connectivity index (χ3v) is 2.54. The molecular weight excluding hydrogens is 217 g/mol. The minimum absolute atomic E-state index is 0.0741. The first kappa shape index (κ1) is 12.7. The van der Waals surface area contributed by atoms with Crippen LogP contribution < -0.4 is 0 Å².